The van der Waals surface area contributed by atoms with Crippen LogP contribution in [-0.2, 0) is 4.79 Å². The highest BCUT2D eigenvalue weighted by molar-refractivity contribution is 5.78. The van der Waals surface area contributed by atoms with Crippen molar-refractivity contribution < 1.29 is 9.90 Å². The third kappa shape index (κ3) is 6.33. The zero-order valence-electron chi connectivity index (χ0n) is 11.7. The summed E-state index contributed by atoms with van der Waals surface area (Å²) in [5.41, 5.74) is 0.0574. The highest BCUT2D eigenvalue weighted by Gasteiger charge is 2.19. The molecule has 0 aromatic rings. The van der Waals surface area contributed by atoms with Gasteiger partial charge in [0, 0.05) is 39.3 Å². The number of hydrogen-bond acceptors (Lipinski definition) is 4. The minimum absolute atomic E-state index is 0.0574. The molecule has 0 unspecified atom stereocenters. The maximum atomic E-state index is 11.8. The van der Waals surface area contributed by atoms with Gasteiger partial charge in [-0.3, -0.25) is 9.69 Å². The number of carbonyl (C=O) groups is 1. The van der Waals surface area contributed by atoms with Crippen molar-refractivity contribution in [2.75, 3.05) is 45.9 Å². The van der Waals surface area contributed by atoms with Gasteiger partial charge in [-0.2, -0.15) is 0 Å². The van der Waals surface area contributed by atoms with Crippen LogP contribution < -0.4 is 10.6 Å². The molecule has 0 spiro atoms. The fourth-order valence-electron chi connectivity index (χ4n) is 2.11. The Balaban J connectivity index is 2.19. The predicted molar refractivity (Wildman–Crippen MR) is 72.4 cm³/mol. The molecule has 1 aliphatic heterocycles. The molecule has 0 aliphatic carbocycles. The number of nitrogens with one attached hydrogen (secondary N) is 2. The van der Waals surface area contributed by atoms with Crippen molar-refractivity contribution in [1.29, 1.82) is 0 Å². The molecule has 0 radical (unpaired) electrons. The Morgan fingerprint density at radius 1 is 1.39 bits per heavy atom. The number of carbonyl (C=O) groups excluding carboxylic acids is 1. The molecule has 3 N–H and O–H groups in total. The van der Waals surface area contributed by atoms with Crippen LogP contribution in [0.2, 0.25) is 0 Å². The zero-order valence-corrected chi connectivity index (χ0v) is 11.7. The Kier molecular flexibility index (Phi) is 6.60. The second kappa shape index (κ2) is 7.71. The van der Waals surface area contributed by atoms with Gasteiger partial charge in [-0.05, 0) is 18.3 Å². The van der Waals surface area contributed by atoms with E-state index in [1.807, 2.05) is 0 Å². The van der Waals surface area contributed by atoms with Crippen LogP contribution in [0.4, 0.5) is 0 Å². The molecule has 0 atom stereocenters. The molecule has 0 aromatic carbocycles. The third-order valence-electron chi connectivity index (χ3n) is 3.35. The molecule has 1 amide bonds. The van der Waals surface area contributed by atoms with E-state index >= 15 is 0 Å². The lowest BCUT2D eigenvalue weighted by Gasteiger charge is -2.28. The molecular formula is C13H27N3O2. The van der Waals surface area contributed by atoms with Crippen LogP contribution in [0.25, 0.3) is 0 Å². The first-order valence-corrected chi connectivity index (χ1v) is 6.84. The molecule has 1 saturated heterocycles. The fraction of sp³-hybridized carbons (Fsp3) is 0.923. The summed E-state index contributed by atoms with van der Waals surface area (Å²) >= 11 is 0. The van der Waals surface area contributed by atoms with Crippen LogP contribution in [0.15, 0.2) is 0 Å². The van der Waals surface area contributed by atoms with E-state index in [2.05, 4.69) is 29.4 Å². The molecule has 0 aromatic heterocycles. The van der Waals surface area contributed by atoms with Gasteiger partial charge in [-0.15, -0.1) is 0 Å². The summed E-state index contributed by atoms with van der Waals surface area (Å²) in [5.74, 6) is 0.106. The van der Waals surface area contributed by atoms with E-state index < -0.39 is 0 Å². The summed E-state index contributed by atoms with van der Waals surface area (Å²) in [6.45, 7) is 9.46. The molecular weight excluding hydrogens is 230 g/mol. The lowest BCUT2D eigenvalue weighted by Crippen LogP contribution is -2.48. The van der Waals surface area contributed by atoms with Crippen LogP contribution in [0.5, 0.6) is 0 Å². The van der Waals surface area contributed by atoms with Crippen molar-refractivity contribution in [3.63, 3.8) is 0 Å². The van der Waals surface area contributed by atoms with Crippen molar-refractivity contribution in [1.82, 2.24) is 15.5 Å². The standard InChI is InChI=1S/C13H27N3O2/c1-13(2,4-3-9-17)11-15-12(18)10-16-7-5-14-6-8-16/h14,17H,3-11H2,1-2H3,(H,15,18). The van der Waals surface area contributed by atoms with E-state index in [-0.39, 0.29) is 17.9 Å². The van der Waals surface area contributed by atoms with E-state index in [4.69, 9.17) is 5.11 Å². The quantitative estimate of drug-likeness (QED) is 0.591. The maximum Gasteiger partial charge on any atom is 0.234 e. The van der Waals surface area contributed by atoms with Crippen molar-refractivity contribution in [3.8, 4) is 0 Å². The highest BCUT2D eigenvalue weighted by Crippen LogP contribution is 2.20. The van der Waals surface area contributed by atoms with E-state index in [1.54, 1.807) is 0 Å². The number of rotatable bonds is 7. The topological polar surface area (TPSA) is 64.6 Å². The largest absolute Gasteiger partial charge is 0.396 e. The minimum atomic E-state index is 0.0574. The Hall–Kier alpha value is -0.650. The molecule has 106 valence electrons. The molecule has 1 aliphatic rings. The van der Waals surface area contributed by atoms with Gasteiger partial charge in [0.1, 0.15) is 0 Å². The average Bonchev–Trinajstić information content (AvgIpc) is 2.36. The molecule has 0 saturated carbocycles. The van der Waals surface area contributed by atoms with E-state index in [1.165, 1.54) is 0 Å². The summed E-state index contributed by atoms with van der Waals surface area (Å²) in [4.78, 5) is 14.0. The number of aliphatic hydroxyl groups is 1. The van der Waals surface area contributed by atoms with Crippen LogP contribution in [0, 0.1) is 5.41 Å². The first kappa shape index (κ1) is 15.4. The smallest absolute Gasteiger partial charge is 0.234 e. The first-order chi connectivity index (χ1) is 8.53. The minimum Gasteiger partial charge on any atom is -0.396 e. The van der Waals surface area contributed by atoms with Crippen LogP contribution in [0.1, 0.15) is 26.7 Å². The van der Waals surface area contributed by atoms with Gasteiger partial charge in [0.25, 0.3) is 0 Å². The fourth-order valence-corrected chi connectivity index (χ4v) is 2.11. The Bertz CT molecular complexity index is 251. The maximum absolute atomic E-state index is 11.8. The number of hydrogen-bond donors (Lipinski definition) is 3. The SMILES string of the molecule is CC(C)(CCCO)CNC(=O)CN1CCNCC1. The van der Waals surface area contributed by atoms with E-state index in [9.17, 15) is 4.79 Å². The average molecular weight is 257 g/mol. The third-order valence-corrected chi connectivity index (χ3v) is 3.35. The number of piperazine rings is 1. The van der Waals surface area contributed by atoms with Gasteiger partial charge in [0.2, 0.25) is 5.91 Å². The van der Waals surface area contributed by atoms with Crippen molar-refractivity contribution in [2.24, 2.45) is 5.41 Å². The number of amides is 1. The number of nitrogens with zero attached hydrogens (tertiary/aromatic N) is 1. The highest BCUT2D eigenvalue weighted by atomic mass is 16.2. The number of aliphatic hydroxyl groups excluding tert-OH is 1. The summed E-state index contributed by atoms with van der Waals surface area (Å²) < 4.78 is 0. The van der Waals surface area contributed by atoms with Crippen LogP contribution in [0.3, 0.4) is 0 Å². The summed E-state index contributed by atoms with van der Waals surface area (Å²) in [6, 6.07) is 0. The Morgan fingerprint density at radius 2 is 2.06 bits per heavy atom. The van der Waals surface area contributed by atoms with Crippen molar-refractivity contribution >= 4 is 5.91 Å². The van der Waals surface area contributed by atoms with Crippen LogP contribution in [-0.4, -0.2) is 61.8 Å². The van der Waals surface area contributed by atoms with Crippen LogP contribution >= 0.6 is 0 Å². The van der Waals surface area contributed by atoms with Gasteiger partial charge >= 0.3 is 0 Å². The first-order valence-electron chi connectivity index (χ1n) is 6.84. The molecule has 5 nitrogen and oxygen atoms in total. The van der Waals surface area contributed by atoms with Gasteiger partial charge in [-0.1, -0.05) is 13.8 Å². The summed E-state index contributed by atoms with van der Waals surface area (Å²) in [5, 5.41) is 15.1. The zero-order chi connectivity index (χ0) is 13.4. The lowest BCUT2D eigenvalue weighted by molar-refractivity contribution is -0.122. The van der Waals surface area contributed by atoms with Gasteiger partial charge < -0.3 is 15.7 Å². The van der Waals surface area contributed by atoms with Gasteiger partial charge in [0.15, 0.2) is 0 Å². The van der Waals surface area contributed by atoms with Gasteiger partial charge in [-0.25, -0.2) is 0 Å². The predicted octanol–water partition coefficient (Wildman–Crippen LogP) is -0.193. The molecule has 1 fully saturated rings. The Labute approximate surface area is 110 Å². The second-order valence-electron chi connectivity index (χ2n) is 5.79. The van der Waals surface area contributed by atoms with Crippen molar-refractivity contribution in [2.45, 2.75) is 26.7 Å². The molecule has 0 bridgehead atoms. The van der Waals surface area contributed by atoms with E-state index in [0.29, 0.717) is 13.1 Å². The van der Waals surface area contributed by atoms with Gasteiger partial charge in [0.05, 0.1) is 6.54 Å². The second-order valence-corrected chi connectivity index (χ2v) is 5.79. The monoisotopic (exact) mass is 257 g/mol. The molecule has 1 rings (SSSR count). The summed E-state index contributed by atoms with van der Waals surface area (Å²) in [7, 11) is 0. The van der Waals surface area contributed by atoms with Crippen molar-refractivity contribution in [3.05, 3.63) is 0 Å². The summed E-state index contributed by atoms with van der Waals surface area (Å²) in [6.07, 6.45) is 1.72. The van der Waals surface area contributed by atoms with E-state index in [0.717, 1.165) is 39.0 Å². The molecule has 5 heteroatoms. The normalized spacial score (nSPS) is 17.7. The molecule has 18 heavy (non-hydrogen) atoms. The Morgan fingerprint density at radius 3 is 2.67 bits per heavy atom. The lowest BCUT2D eigenvalue weighted by atomic mass is 9.88. The molecule has 1 heterocycles.